The van der Waals surface area contributed by atoms with Crippen LogP contribution in [-0.2, 0) is 47.4 Å². The molecule has 9 saturated heterocycles. The van der Waals surface area contributed by atoms with E-state index in [1.807, 2.05) is 80.8 Å². The summed E-state index contributed by atoms with van der Waals surface area (Å²) in [6.45, 7) is 31.8. The molecule has 30 nitrogen and oxygen atoms in total. The van der Waals surface area contributed by atoms with E-state index < -0.39 is 7.12 Å². The van der Waals surface area contributed by atoms with Gasteiger partial charge in [-0.2, -0.15) is 20.4 Å². The average Bonchev–Trinajstić information content (AvgIpc) is 1.59. The highest BCUT2D eigenvalue weighted by atomic mass is 79.9. The monoisotopic (exact) mass is 1980 g/mol. The van der Waals surface area contributed by atoms with Gasteiger partial charge in [-0.05, 0) is 179 Å². The molecule has 2 unspecified atom stereocenters. The number of rotatable bonds is 16. The summed E-state index contributed by atoms with van der Waals surface area (Å²) in [6, 6.07) is 51.4. The molecule has 4 aliphatic carbocycles. The van der Waals surface area contributed by atoms with Crippen molar-refractivity contribution >= 4 is 97.0 Å². The van der Waals surface area contributed by atoms with Crippen LogP contribution >= 0.6 is 15.9 Å². The average molecular weight is 1980 g/mol. The van der Waals surface area contributed by atoms with Gasteiger partial charge in [0, 0.05) is 257 Å². The van der Waals surface area contributed by atoms with E-state index in [0.717, 1.165) is 289 Å². The standard InChI is InChI=1S/3C25H29N5O2.C21H29BN4O3.C10H12BrNO.3CH4/c3*31-25(20-5-6-20)29-12-10-28(11-13-29)22-7-8-27-30-17-21(15-23(22)30)18-1-3-19(4-2-18)24-16-26-9-14-32-24;1-20(2)21(3,4)29-22(28-20)16-13-18-17(7-8-23-26(18)14-16)24-9-11-25(12-10-24)19(27)15-5-6-15;11-9-3-1-8(2-4-9)10-7-12-5-6-13-10;;;/h3*1-4,7-8,15,17,20,24,26H,5-6,9-14,16H2;7-8,13-15H,5-6,9-12H2,1-4H3;1-4,10,12H,5-7H2;3*1H4/t2*24-;;;;;;/m10....../s1. The lowest BCUT2D eigenvalue weighted by Crippen LogP contribution is -2.49. The number of anilines is 4. The lowest BCUT2D eigenvalue weighted by molar-refractivity contribution is -0.133. The fourth-order valence-electron chi connectivity index (χ4n) is 20.2. The molecule has 9 aliphatic heterocycles. The van der Waals surface area contributed by atoms with Crippen LogP contribution in [0.4, 0.5) is 22.7 Å². The van der Waals surface area contributed by atoms with E-state index in [4.69, 9.17) is 28.3 Å². The van der Waals surface area contributed by atoms with Crippen molar-refractivity contribution < 1.29 is 47.4 Å². The van der Waals surface area contributed by atoms with E-state index in [-0.39, 0.29) is 57.9 Å². The first-order valence-corrected chi connectivity index (χ1v) is 50.9. The molecule has 141 heavy (non-hydrogen) atoms. The first kappa shape index (κ1) is 100.0. The predicted molar refractivity (Wildman–Crippen MR) is 559 cm³/mol. The normalized spacial score (nSPS) is 21.9. The van der Waals surface area contributed by atoms with E-state index in [1.165, 1.54) is 56.0 Å². The fourth-order valence-corrected chi connectivity index (χ4v) is 20.4. The first-order chi connectivity index (χ1) is 67.4. The number of nitrogens with one attached hydrogen (secondary N) is 4. The van der Waals surface area contributed by atoms with Crippen LogP contribution < -0.4 is 46.3 Å². The molecule has 4 saturated carbocycles. The van der Waals surface area contributed by atoms with E-state index >= 15 is 0 Å². The second-order valence-corrected chi connectivity index (χ2v) is 40.7. The molecule has 4 amide bonds. The Bertz CT molecular complexity index is 5780. The molecule has 12 aromatic rings. The summed E-state index contributed by atoms with van der Waals surface area (Å²) >= 11 is 3.41. The number of ether oxygens (including phenoxy) is 4. The number of benzene rings is 4. The van der Waals surface area contributed by atoms with E-state index in [9.17, 15) is 19.2 Å². The van der Waals surface area contributed by atoms with Crippen molar-refractivity contribution in [2.24, 2.45) is 23.7 Å². The number of aromatic nitrogens is 8. The molecular weight excluding hydrogens is 1840 g/mol. The van der Waals surface area contributed by atoms with Crippen LogP contribution in [0.1, 0.15) is 148 Å². The predicted octanol–water partition coefficient (Wildman–Crippen LogP) is 13.9. The Labute approximate surface area is 837 Å². The Morgan fingerprint density at radius 1 is 0.319 bits per heavy atom. The summed E-state index contributed by atoms with van der Waals surface area (Å²) in [7, 11) is -0.400. The van der Waals surface area contributed by atoms with Crippen LogP contribution in [0.25, 0.3) is 55.4 Å². The summed E-state index contributed by atoms with van der Waals surface area (Å²) < 4.78 is 44.6. The second-order valence-electron chi connectivity index (χ2n) is 39.8. The zero-order valence-electron chi connectivity index (χ0n) is 79.7. The molecule has 4 aromatic carbocycles. The number of hydrogen-bond donors (Lipinski definition) is 4. The Morgan fingerprint density at radius 2 is 0.560 bits per heavy atom. The Morgan fingerprint density at radius 3 is 0.801 bits per heavy atom. The van der Waals surface area contributed by atoms with Gasteiger partial charge in [0.05, 0.1) is 107 Å². The topological polar surface area (TPSA) is 267 Å². The maximum absolute atomic E-state index is 12.4. The zero-order valence-corrected chi connectivity index (χ0v) is 81.3. The number of amides is 4. The molecule has 4 N–H and O–H groups in total. The van der Waals surface area contributed by atoms with Gasteiger partial charge in [0.15, 0.2) is 0 Å². The molecule has 25 rings (SSSR count). The second kappa shape index (κ2) is 44.4. The molecule has 0 bridgehead atoms. The molecule has 8 aromatic heterocycles. The van der Waals surface area contributed by atoms with Crippen molar-refractivity contribution in [1.29, 1.82) is 0 Å². The van der Waals surface area contributed by atoms with Crippen molar-refractivity contribution in [1.82, 2.24) is 79.3 Å². The highest BCUT2D eigenvalue weighted by Gasteiger charge is 2.52. The molecule has 746 valence electrons. The maximum Gasteiger partial charge on any atom is 0.496 e. The molecular formula is C109H140BBrN20O10. The number of nitrogens with zero attached hydrogens (tertiary/aromatic N) is 16. The molecule has 17 heterocycles. The molecule has 13 aliphatic rings. The van der Waals surface area contributed by atoms with E-state index in [0.29, 0.717) is 47.3 Å². The van der Waals surface area contributed by atoms with Crippen LogP contribution in [0.15, 0.2) is 200 Å². The van der Waals surface area contributed by atoms with E-state index in [1.54, 1.807) is 0 Å². The maximum atomic E-state index is 12.4. The van der Waals surface area contributed by atoms with Gasteiger partial charge in [-0.15, -0.1) is 0 Å². The number of morpholine rings is 4. The van der Waals surface area contributed by atoms with Crippen molar-refractivity contribution in [3.63, 3.8) is 0 Å². The third-order valence-corrected chi connectivity index (χ3v) is 30.3. The number of piperazine rings is 4. The number of carbonyl (C=O) groups excluding carboxylic acids is 4. The van der Waals surface area contributed by atoms with Crippen LogP contribution in [-0.4, -0.2) is 284 Å². The molecule has 32 heteroatoms. The smallest absolute Gasteiger partial charge is 0.399 e. The number of halogens is 1. The zero-order chi connectivity index (χ0) is 94.0. The summed E-state index contributed by atoms with van der Waals surface area (Å²) in [5, 5.41) is 31.6. The number of fused-ring (bicyclic) bond motifs is 4. The number of carbonyl (C=O) groups is 4. The minimum absolute atomic E-state index is 0. The minimum Gasteiger partial charge on any atom is -0.399 e. The summed E-state index contributed by atoms with van der Waals surface area (Å²) in [5.74, 6) is 2.60. The van der Waals surface area contributed by atoms with Gasteiger partial charge in [-0.1, -0.05) is 123 Å². The third-order valence-electron chi connectivity index (χ3n) is 29.7. The van der Waals surface area contributed by atoms with Crippen molar-refractivity contribution in [3.05, 3.63) is 222 Å². The van der Waals surface area contributed by atoms with Crippen LogP contribution in [0.5, 0.6) is 0 Å². The van der Waals surface area contributed by atoms with Gasteiger partial charge in [0.2, 0.25) is 23.6 Å². The highest BCUT2D eigenvalue weighted by Crippen LogP contribution is 2.42. The first-order valence-electron chi connectivity index (χ1n) is 50.2. The van der Waals surface area contributed by atoms with Gasteiger partial charge in [-0.25, -0.2) is 18.1 Å². The Balaban J connectivity index is 0.000000118. The Hall–Kier alpha value is -11.1. The van der Waals surface area contributed by atoms with Gasteiger partial charge in [0.25, 0.3) is 0 Å². The summed E-state index contributed by atoms with van der Waals surface area (Å²) in [6.07, 6.45) is 24.9. The van der Waals surface area contributed by atoms with Gasteiger partial charge >= 0.3 is 7.12 Å². The Kier molecular flexibility index (Phi) is 31.5. The number of hydrogen-bond acceptors (Lipinski definition) is 22. The van der Waals surface area contributed by atoms with Gasteiger partial charge in [-0.3, -0.25) is 19.2 Å². The summed E-state index contributed by atoms with van der Waals surface area (Å²) in [4.78, 5) is 67.1. The van der Waals surface area contributed by atoms with Crippen molar-refractivity contribution in [3.8, 4) is 33.4 Å². The van der Waals surface area contributed by atoms with Crippen LogP contribution in [0, 0.1) is 23.7 Å². The third kappa shape index (κ3) is 23.1. The van der Waals surface area contributed by atoms with Crippen LogP contribution in [0.2, 0.25) is 0 Å². The minimum atomic E-state index is -0.400. The van der Waals surface area contributed by atoms with Gasteiger partial charge < -0.3 is 88.7 Å². The van der Waals surface area contributed by atoms with E-state index in [2.05, 4.69) is 257 Å². The molecule has 4 atom stereocenters. The fraction of sp³-hybridized carbons (Fsp3) is 0.486. The van der Waals surface area contributed by atoms with Crippen molar-refractivity contribution in [2.75, 3.05) is 203 Å². The molecule has 0 spiro atoms. The SMILES string of the molecule is Brc1ccc(C2CNCCO2)cc1.C.C.C.CC1(C)OB(c2cc3c(N4CCN(C(=O)C5CC5)CC4)ccnn3c2)OC1(C)C.O=C(C1CC1)N1CCN(c2ccnn3cc(-c4ccc(C5CNCCO5)cc4)cc23)CC1.O=C(C1CC1)N1CCN(c2ccnn3cc(-c4ccc([C@@H]5CNCCO5)cc4)cc23)CC1.O=C(C1CC1)N1CCN(c2ccnn3cc(-c4ccc([C@H]5CNCCO5)cc4)cc23)CC1. The molecule has 0 radical (unpaired) electrons. The van der Waals surface area contributed by atoms with Crippen LogP contribution in [0.3, 0.4) is 0 Å². The lowest BCUT2D eigenvalue weighted by Gasteiger charge is -2.36. The summed E-state index contributed by atoms with van der Waals surface area (Å²) in [5.41, 5.74) is 21.2. The van der Waals surface area contributed by atoms with Gasteiger partial charge in [0.1, 0.15) is 0 Å². The quantitative estimate of drug-likeness (QED) is 0.0655. The van der Waals surface area contributed by atoms with Crippen molar-refractivity contribution in [2.45, 2.75) is 137 Å². The molecule has 13 fully saturated rings. The highest BCUT2D eigenvalue weighted by molar-refractivity contribution is 9.10. The lowest BCUT2D eigenvalue weighted by atomic mass is 9.81. The largest absolute Gasteiger partial charge is 0.496 e.